The van der Waals surface area contributed by atoms with Crippen molar-refractivity contribution in [3.63, 3.8) is 0 Å². The first kappa shape index (κ1) is 13.2. The van der Waals surface area contributed by atoms with Crippen LogP contribution in [-0.2, 0) is 6.54 Å². The van der Waals surface area contributed by atoms with E-state index in [1.165, 1.54) is 6.07 Å². The van der Waals surface area contributed by atoms with Gasteiger partial charge in [-0.1, -0.05) is 24.3 Å². The van der Waals surface area contributed by atoms with Gasteiger partial charge in [0.25, 0.3) is 0 Å². The summed E-state index contributed by atoms with van der Waals surface area (Å²) in [5.41, 5.74) is 2.38. The summed E-state index contributed by atoms with van der Waals surface area (Å²) >= 11 is 3.35. The number of hydrogen-bond donors (Lipinski definition) is 1. The fourth-order valence-electron chi connectivity index (χ4n) is 2.28. The number of aryl methyl sites for hydroxylation is 1. The molecule has 0 spiro atoms. The average molecular weight is 334 g/mol. The Morgan fingerprint density at radius 1 is 1.15 bits per heavy atom. The molecular formula is C16H13BrFNO. The summed E-state index contributed by atoms with van der Waals surface area (Å²) in [7, 11) is 0. The first-order chi connectivity index (χ1) is 9.66. The number of halogens is 2. The Morgan fingerprint density at radius 3 is 2.75 bits per heavy atom. The van der Waals surface area contributed by atoms with Gasteiger partial charge in [-0.2, -0.15) is 0 Å². The predicted octanol–water partition coefficient (Wildman–Crippen LogP) is 5.25. The van der Waals surface area contributed by atoms with E-state index in [9.17, 15) is 4.39 Å². The Labute approximate surface area is 124 Å². The van der Waals surface area contributed by atoms with E-state index in [1.807, 2.05) is 37.3 Å². The zero-order valence-corrected chi connectivity index (χ0v) is 12.5. The number of benzene rings is 2. The van der Waals surface area contributed by atoms with E-state index < -0.39 is 0 Å². The van der Waals surface area contributed by atoms with Crippen LogP contribution in [-0.4, -0.2) is 0 Å². The van der Waals surface area contributed by atoms with Crippen molar-refractivity contribution in [3.8, 4) is 0 Å². The Kier molecular flexibility index (Phi) is 3.49. The molecule has 4 heteroatoms. The molecule has 102 valence electrons. The van der Waals surface area contributed by atoms with Crippen LogP contribution in [0.5, 0.6) is 0 Å². The van der Waals surface area contributed by atoms with Gasteiger partial charge >= 0.3 is 0 Å². The van der Waals surface area contributed by atoms with E-state index in [0.717, 1.165) is 22.3 Å². The monoisotopic (exact) mass is 333 g/mol. The van der Waals surface area contributed by atoms with Gasteiger partial charge in [-0.3, -0.25) is 0 Å². The van der Waals surface area contributed by atoms with Crippen molar-refractivity contribution in [3.05, 3.63) is 64.1 Å². The highest BCUT2D eigenvalue weighted by Crippen LogP contribution is 2.29. The quantitative estimate of drug-likeness (QED) is 0.707. The summed E-state index contributed by atoms with van der Waals surface area (Å²) in [5, 5.41) is 4.19. The Bertz CT molecular complexity index is 746. The van der Waals surface area contributed by atoms with Crippen LogP contribution in [0.3, 0.4) is 0 Å². The minimum atomic E-state index is -0.273. The van der Waals surface area contributed by atoms with Crippen molar-refractivity contribution >= 4 is 32.6 Å². The summed E-state index contributed by atoms with van der Waals surface area (Å²) in [6.45, 7) is 2.44. The molecule has 0 saturated heterocycles. The third-order valence-corrected chi connectivity index (χ3v) is 3.97. The number of hydrogen-bond acceptors (Lipinski definition) is 2. The van der Waals surface area contributed by atoms with Gasteiger partial charge in [-0.15, -0.1) is 0 Å². The molecule has 3 rings (SSSR count). The zero-order valence-electron chi connectivity index (χ0n) is 10.9. The van der Waals surface area contributed by atoms with Gasteiger partial charge < -0.3 is 9.73 Å². The summed E-state index contributed by atoms with van der Waals surface area (Å²) in [6.07, 6.45) is 0. The lowest BCUT2D eigenvalue weighted by Crippen LogP contribution is -2.02. The van der Waals surface area contributed by atoms with E-state index in [2.05, 4.69) is 21.2 Å². The number of rotatable bonds is 3. The molecule has 2 aromatic carbocycles. The maximum Gasteiger partial charge on any atom is 0.147 e. The zero-order chi connectivity index (χ0) is 14.1. The maximum absolute atomic E-state index is 13.8. The molecule has 0 aliphatic rings. The highest BCUT2D eigenvalue weighted by Gasteiger charge is 2.12. The lowest BCUT2D eigenvalue weighted by Gasteiger charge is -2.09. The number of nitrogens with one attached hydrogen (secondary N) is 1. The molecule has 0 bridgehead atoms. The van der Waals surface area contributed by atoms with E-state index in [4.69, 9.17) is 4.42 Å². The lowest BCUT2D eigenvalue weighted by molar-refractivity contribution is 0.572. The van der Waals surface area contributed by atoms with Gasteiger partial charge in [-0.25, -0.2) is 4.39 Å². The minimum absolute atomic E-state index is 0.273. The molecule has 1 aromatic heterocycles. The highest BCUT2D eigenvalue weighted by molar-refractivity contribution is 9.10. The molecule has 20 heavy (non-hydrogen) atoms. The molecule has 3 aromatic rings. The molecule has 1 heterocycles. The summed E-state index contributed by atoms with van der Waals surface area (Å²) in [4.78, 5) is 0. The number of fused-ring (bicyclic) bond motifs is 1. The highest BCUT2D eigenvalue weighted by atomic mass is 79.9. The molecule has 0 radical (unpaired) electrons. The first-order valence-corrected chi connectivity index (χ1v) is 7.11. The molecule has 2 nitrogen and oxygen atoms in total. The Hall–Kier alpha value is -1.81. The van der Waals surface area contributed by atoms with Crippen molar-refractivity contribution in [2.75, 3.05) is 5.32 Å². The second kappa shape index (κ2) is 5.29. The van der Waals surface area contributed by atoms with Gasteiger partial charge in [0, 0.05) is 22.0 Å². The third-order valence-electron chi connectivity index (χ3n) is 3.30. The molecule has 0 unspecified atom stereocenters. The van der Waals surface area contributed by atoms with E-state index in [0.29, 0.717) is 16.7 Å². The van der Waals surface area contributed by atoms with Gasteiger partial charge in [0.15, 0.2) is 0 Å². The van der Waals surface area contributed by atoms with Crippen molar-refractivity contribution < 1.29 is 8.81 Å². The fraction of sp³-hybridized carbons (Fsp3) is 0.125. The smallest absolute Gasteiger partial charge is 0.147 e. The van der Waals surface area contributed by atoms with Crippen LogP contribution in [0.4, 0.5) is 10.1 Å². The van der Waals surface area contributed by atoms with E-state index >= 15 is 0 Å². The molecule has 1 N–H and O–H groups in total. The van der Waals surface area contributed by atoms with Gasteiger partial charge in [-0.05, 0) is 41.1 Å². The summed E-state index contributed by atoms with van der Waals surface area (Å²) < 4.78 is 20.2. The van der Waals surface area contributed by atoms with Crippen LogP contribution < -0.4 is 5.32 Å². The largest absolute Gasteiger partial charge is 0.461 e. The summed E-state index contributed by atoms with van der Waals surface area (Å²) in [6, 6.07) is 12.8. The lowest BCUT2D eigenvalue weighted by atomic mass is 10.1. The van der Waals surface area contributed by atoms with Crippen molar-refractivity contribution in [2.24, 2.45) is 0 Å². The SMILES string of the molecule is Cc1oc2ccccc2c1CNc1c(F)cccc1Br. The second-order valence-corrected chi connectivity index (χ2v) is 5.44. The van der Waals surface area contributed by atoms with Gasteiger partial charge in [0.05, 0.1) is 5.69 Å². The molecule has 0 saturated carbocycles. The van der Waals surface area contributed by atoms with Crippen LogP contribution >= 0.6 is 15.9 Å². The number of para-hydroxylation sites is 2. The minimum Gasteiger partial charge on any atom is -0.461 e. The van der Waals surface area contributed by atoms with Crippen molar-refractivity contribution in [1.82, 2.24) is 0 Å². The third kappa shape index (κ3) is 2.31. The second-order valence-electron chi connectivity index (χ2n) is 4.58. The van der Waals surface area contributed by atoms with Gasteiger partial charge in [0.1, 0.15) is 17.2 Å². The Morgan fingerprint density at radius 2 is 1.95 bits per heavy atom. The normalized spacial score (nSPS) is 10.9. The molecule has 0 amide bonds. The molecule has 0 aliphatic carbocycles. The maximum atomic E-state index is 13.8. The van der Waals surface area contributed by atoms with Crippen LogP contribution in [0.2, 0.25) is 0 Å². The standard InChI is InChI=1S/C16H13BrFNO/c1-10-12(11-5-2-3-8-15(11)20-10)9-19-16-13(17)6-4-7-14(16)18/h2-8,19H,9H2,1H3. The van der Waals surface area contributed by atoms with Crippen LogP contribution in [0.25, 0.3) is 11.0 Å². The molecule has 0 fully saturated rings. The van der Waals surface area contributed by atoms with E-state index in [1.54, 1.807) is 6.07 Å². The van der Waals surface area contributed by atoms with E-state index in [-0.39, 0.29) is 5.82 Å². The fourth-order valence-corrected chi connectivity index (χ4v) is 2.77. The van der Waals surface area contributed by atoms with Crippen molar-refractivity contribution in [1.29, 1.82) is 0 Å². The molecule has 0 atom stereocenters. The topological polar surface area (TPSA) is 25.2 Å². The van der Waals surface area contributed by atoms with Gasteiger partial charge in [0.2, 0.25) is 0 Å². The van der Waals surface area contributed by atoms with Crippen LogP contribution in [0.1, 0.15) is 11.3 Å². The van der Waals surface area contributed by atoms with Crippen molar-refractivity contribution in [2.45, 2.75) is 13.5 Å². The van der Waals surface area contributed by atoms with Crippen LogP contribution in [0, 0.1) is 12.7 Å². The Balaban J connectivity index is 1.93. The summed E-state index contributed by atoms with van der Waals surface area (Å²) in [5.74, 6) is 0.580. The first-order valence-electron chi connectivity index (χ1n) is 6.31. The number of anilines is 1. The predicted molar refractivity (Wildman–Crippen MR) is 82.4 cm³/mol. The van der Waals surface area contributed by atoms with Crippen LogP contribution in [0.15, 0.2) is 51.4 Å². The number of furan rings is 1. The molecular weight excluding hydrogens is 321 g/mol. The molecule has 0 aliphatic heterocycles. The average Bonchev–Trinajstić information content (AvgIpc) is 2.74.